The van der Waals surface area contributed by atoms with E-state index in [1.165, 1.54) is 12.4 Å². The molecule has 1 saturated carbocycles. The smallest absolute Gasteiger partial charge is 0.254 e. The summed E-state index contributed by atoms with van der Waals surface area (Å²) in [5, 5.41) is 19.6. The number of aliphatic hydroxyl groups is 1. The van der Waals surface area contributed by atoms with Gasteiger partial charge in [-0.3, -0.25) is 9.89 Å². The van der Waals surface area contributed by atoms with E-state index in [0.29, 0.717) is 18.6 Å². The van der Waals surface area contributed by atoms with Crippen molar-refractivity contribution in [3.63, 3.8) is 0 Å². The Balaban J connectivity index is 1.91. The molecule has 1 aliphatic rings. The second-order valence-electron chi connectivity index (χ2n) is 5.57. The van der Waals surface area contributed by atoms with Gasteiger partial charge >= 0.3 is 0 Å². The predicted molar refractivity (Wildman–Crippen MR) is 69.7 cm³/mol. The number of rotatable bonds is 5. The number of H-pyrrole nitrogens is 1. The van der Waals surface area contributed by atoms with Gasteiger partial charge in [-0.05, 0) is 6.92 Å². The molecule has 0 aliphatic heterocycles. The van der Waals surface area contributed by atoms with Gasteiger partial charge in [0, 0.05) is 31.2 Å². The Morgan fingerprint density at radius 3 is 2.95 bits per heavy atom. The molecule has 0 radical (unpaired) electrons. The molecule has 3 N–H and O–H groups in total. The quantitative estimate of drug-likeness (QED) is 0.733. The average molecular weight is 267 g/mol. The fourth-order valence-corrected chi connectivity index (χ4v) is 2.47. The first-order valence-electron chi connectivity index (χ1n) is 6.51. The van der Waals surface area contributed by atoms with Crippen LogP contribution in [0.2, 0.25) is 0 Å². The highest BCUT2D eigenvalue weighted by Crippen LogP contribution is 2.50. The Morgan fingerprint density at radius 1 is 1.68 bits per heavy atom. The minimum Gasteiger partial charge on any atom is -0.387 e. The number of hydrogen-bond donors (Lipinski definition) is 3. The second-order valence-corrected chi connectivity index (χ2v) is 5.57. The Kier molecular flexibility index (Phi) is 3.64. The lowest BCUT2D eigenvalue weighted by Crippen LogP contribution is -2.68. The van der Waals surface area contributed by atoms with Crippen LogP contribution in [-0.4, -0.2) is 46.1 Å². The molecule has 1 fully saturated rings. The van der Waals surface area contributed by atoms with Gasteiger partial charge in [-0.15, -0.1) is 0 Å². The fraction of sp³-hybridized carbons (Fsp3) is 0.692. The molecule has 2 unspecified atom stereocenters. The maximum absolute atomic E-state index is 11.8. The molecule has 0 aromatic carbocycles. The van der Waals surface area contributed by atoms with Crippen molar-refractivity contribution in [2.75, 3.05) is 13.2 Å². The summed E-state index contributed by atoms with van der Waals surface area (Å²) >= 11 is 0. The van der Waals surface area contributed by atoms with Gasteiger partial charge in [0.05, 0.1) is 23.5 Å². The normalized spacial score (nSPS) is 28.7. The number of aromatic amines is 1. The summed E-state index contributed by atoms with van der Waals surface area (Å²) in [5.41, 5.74) is -0.832. The Labute approximate surface area is 112 Å². The second kappa shape index (κ2) is 4.94. The average Bonchev–Trinajstić information content (AvgIpc) is 2.89. The summed E-state index contributed by atoms with van der Waals surface area (Å²) in [5.74, 6) is -0.238. The highest BCUT2D eigenvalue weighted by atomic mass is 16.5. The van der Waals surface area contributed by atoms with Crippen LogP contribution in [0.3, 0.4) is 0 Å². The monoisotopic (exact) mass is 267 g/mol. The third-order valence-electron chi connectivity index (χ3n) is 4.20. The first kappa shape index (κ1) is 14.0. The van der Waals surface area contributed by atoms with Gasteiger partial charge in [0.15, 0.2) is 0 Å². The lowest BCUT2D eigenvalue weighted by Gasteiger charge is -2.57. The van der Waals surface area contributed by atoms with Crippen LogP contribution in [0, 0.1) is 5.41 Å². The van der Waals surface area contributed by atoms with Gasteiger partial charge in [0.2, 0.25) is 0 Å². The van der Waals surface area contributed by atoms with Crippen molar-refractivity contribution in [3.05, 3.63) is 18.0 Å². The van der Waals surface area contributed by atoms with E-state index in [1.807, 2.05) is 20.8 Å². The topological polar surface area (TPSA) is 87.2 Å². The minimum atomic E-state index is -0.924. The summed E-state index contributed by atoms with van der Waals surface area (Å²) in [6.07, 6.45) is 3.55. The van der Waals surface area contributed by atoms with E-state index in [2.05, 4.69) is 15.5 Å². The van der Waals surface area contributed by atoms with Crippen LogP contribution >= 0.6 is 0 Å². The van der Waals surface area contributed by atoms with Crippen LogP contribution in [0.15, 0.2) is 12.4 Å². The summed E-state index contributed by atoms with van der Waals surface area (Å²) in [4.78, 5) is 11.8. The van der Waals surface area contributed by atoms with Gasteiger partial charge in [-0.1, -0.05) is 13.8 Å². The number of carbonyl (C=O) groups excluding carboxylic acids is 1. The van der Waals surface area contributed by atoms with E-state index in [-0.39, 0.29) is 24.0 Å². The molecule has 106 valence electrons. The highest BCUT2D eigenvalue weighted by molar-refractivity contribution is 5.93. The number of ether oxygens (including phenoxy) is 1. The molecule has 2 atom stereocenters. The van der Waals surface area contributed by atoms with Crippen LogP contribution in [0.25, 0.3) is 0 Å². The maximum Gasteiger partial charge on any atom is 0.254 e. The van der Waals surface area contributed by atoms with E-state index >= 15 is 0 Å². The molecule has 0 saturated heterocycles. The minimum absolute atomic E-state index is 0.0355. The van der Waals surface area contributed by atoms with Crippen molar-refractivity contribution in [2.45, 2.75) is 38.9 Å². The SMILES string of the molecule is CCOC1CC(O)(CNC(=O)c2cn[nH]c2)C1(C)C. The van der Waals surface area contributed by atoms with Crippen LogP contribution in [-0.2, 0) is 4.74 Å². The third kappa shape index (κ3) is 2.37. The van der Waals surface area contributed by atoms with E-state index in [4.69, 9.17) is 4.74 Å². The first-order valence-corrected chi connectivity index (χ1v) is 6.51. The number of hydrogen-bond acceptors (Lipinski definition) is 4. The number of nitrogens with one attached hydrogen (secondary N) is 2. The van der Waals surface area contributed by atoms with Crippen molar-refractivity contribution in [1.29, 1.82) is 0 Å². The molecule has 1 amide bonds. The van der Waals surface area contributed by atoms with Crippen molar-refractivity contribution in [1.82, 2.24) is 15.5 Å². The molecule has 0 bridgehead atoms. The van der Waals surface area contributed by atoms with Crippen molar-refractivity contribution < 1.29 is 14.6 Å². The molecule has 1 aromatic rings. The van der Waals surface area contributed by atoms with Crippen molar-refractivity contribution >= 4 is 5.91 Å². The van der Waals surface area contributed by atoms with E-state index in [9.17, 15) is 9.90 Å². The molecule has 1 heterocycles. The van der Waals surface area contributed by atoms with Crippen LogP contribution in [0.4, 0.5) is 0 Å². The van der Waals surface area contributed by atoms with E-state index < -0.39 is 5.60 Å². The van der Waals surface area contributed by atoms with Crippen molar-refractivity contribution in [3.8, 4) is 0 Å². The molecule has 2 rings (SSSR count). The Hall–Kier alpha value is -1.40. The number of aromatic nitrogens is 2. The van der Waals surface area contributed by atoms with Crippen molar-refractivity contribution in [2.24, 2.45) is 5.41 Å². The Morgan fingerprint density at radius 2 is 2.42 bits per heavy atom. The molecular weight excluding hydrogens is 246 g/mol. The fourth-order valence-electron chi connectivity index (χ4n) is 2.47. The number of carbonyl (C=O) groups is 1. The lowest BCUT2D eigenvalue weighted by molar-refractivity contribution is -0.237. The molecule has 6 heteroatoms. The van der Waals surface area contributed by atoms with Crippen LogP contribution in [0.5, 0.6) is 0 Å². The third-order valence-corrected chi connectivity index (χ3v) is 4.20. The molecule has 19 heavy (non-hydrogen) atoms. The summed E-state index contributed by atoms with van der Waals surface area (Å²) in [7, 11) is 0. The summed E-state index contributed by atoms with van der Waals surface area (Å²) in [6.45, 7) is 6.70. The molecule has 6 nitrogen and oxygen atoms in total. The first-order chi connectivity index (χ1) is 8.90. The van der Waals surface area contributed by atoms with Gasteiger partial charge in [0.1, 0.15) is 0 Å². The lowest BCUT2D eigenvalue weighted by atomic mass is 9.56. The zero-order chi connectivity index (χ0) is 14.1. The molecule has 1 aliphatic carbocycles. The maximum atomic E-state index is 11.8. The van der Waals surface area contributed by atoms with E-state index in [0.717, 1.165) is 0 Å². The zero-order valence-electron chi connectivity index (χ0n) is 11.6. The van der Waals surface area contributed by atoms with Crippen LogP contribution < -0.4 is 5.32 Å². The summed E-state index contributed by atoms with van der Waals surface area (Å²) < 4.78 is 5.58. The van der Waals surface area contributed by atoms with Gasteiger partial charge < -0.3 is 15.2 Å². The molecular formula is C13H21N3O3. The Bertz CT molecular complexity index is 444. The summed E-state index contributed by atoms with van der Waals surface area (Å²) in [6, 6.07) is 0. The predicted octanol–water partition coefficient (Wildman–Crippen LogP) is 0.706. The number of amides is 1. The highest BCUT2D eigenvalue weighted by Gasteiger charge is 2.59. The molecule has 0 spiro atoms. The van der Waals surface area contributed by atoms with Gasteiger partial charge in [-0.2, -0.15) is 5.10 Å². The zero-order valence-corrected chi connectivity index (χ0v) is 11.6. The molecule has 1 aromatic heterocycles. The van der Waals surface area contributed by atoms with Gasteiger partial charge in [0.25, 0.3) is 5.91 Å². The number of nitrogens with zero attached hydrogens (tertiary/aromatic N) is 1. The van der Waals surface area contributed by atoms with E-state index in [1.54, 1.807) is 0 Å². The van der Waals surface area contributed by atoms with Gasteiger partial charge in [-0.25, -0.2) is 0 Å². The largest absolute Gasteiger partial charge is 0.387 e. The standard InChI is InChI=1S/C13H21N3O3/c1-4-19-10-5-13(18,12(10,2)3)8-14-11(17)9-6-15-16-7-9/h6-7,10,18H,4-5,8H2,1-3H3,(H,14,17)(H,15,16). The van der Waals surface area contributed by atoms with Crippen LogP contribution in [0.1, 0.15) is 37.6 Å².